The molecule has 0 bridgehead atoms. The maximum atomic E-state index is 6.31. The molecule has 27 heavy (non-hydrogen) atoms. The molecular weight excluding hydrogens is 332 g/mol. The summed E-state index contributed by atoms with van der Waals surface area (Å²) in [7, 11) is 1.97. The highest BCUT2D eigenvalue weighted by molar-refractivity contribution is 5.96. The molecule has 3 heteroatoms. The number of aryl methyl sites for hydroxylation is 1. The second kappa shape index (κ2) is 7.20. The average Bonchev–Trinajstić information content (AvgIpc) is 2.69. The largest absolute Gasteiger partial charge is 0.491 e. The van der Waals surface area contributed by atoms with Gasteiger partial charge in [-0.25, -0.2) is 0 Å². The Balaban J connectivity index is 1.56. The fourth-order valence-electron chi connectivity index (χ4n) is 3.67. The lowest BCUT2D eigenvalue weighted by atomic mass is 10.0. The Morgan fingerprint density at radius 1 is 0.889 bits per heavy atom. The SMILES string of the molecule is CNc1c(CCOc2ccc3ccccc3c2N)ccc2cc(C)ccc12. The molecule has 0 radical (unpaired) electrons. The summed E-state index contributed by atoms with van der Waals surface area (Å²) in [4.78, 5) is 0. The standard InChI is InChI=1S/C24H24N2O/c1-16-7-11-21-19(15-16)9-8-18(24(21)26-2)13-14-27-22-12-10-17-5-3-4-6-20(17)23(22)25/h3-12,15,26H,13-14,25H2,1-2H3. The molecule has 3 N–H and O–H groups in total. The van der Waals surface area contributed by atoms with Gasteiger partial charge in [0.1, 0.15) is 5.75 Å². The van der Waals surface area contributed by atoms with Crippen LogP contribution in [0.5, 0.6) is 5.75 Å². The minimum absolute atomic E-state index is 0.578. The summed E-state index contributed by atoms with van der Waals surface area (Å²) >= 11 is 0. The molecule has 4 aromatic rings. The van der Waals surface area contributed by atoms with E-state index < -0.39 is 0 Å². The Morgan fingerprint density at radius 3 is 2.56 bits per heavy atom. The Hall–Kier alpha value is -3.20. The molecule has 0 aliphatic carbocycles. The van der Waals surface area contributed by atoms with Crippen LogP contribution in [0, 0.1) is 6.92 Å². The molecule has 0 aromatic heterocycles. The smallest absolute Gasteiger partial charge is 0.142 e. The van der Waals surface area contributed by atoms with E-state index in [1.165, 1.54) is 27.6 Å². The minimum Gasteiger partial charge on any atom is -0.491 e. The van der Waals surface area contributed by atoms with Crippen LogP contribution in [-0.2, 0) is 6.42 Å². The number of rotatable bonds is 5. The fraction of sp³-hybridized carbons (Fsp3) is 0.167. The number of nitrogen functional groups attached to an aromatic ring is 1. The third-order valence-electron chi connectivity index (χ3n) is 5.07. The molecule has 0 fully saturated rings. The molecule has 136 valence electrons. The topological polar surface area (TPSA) is 47.3 Å². The predicted molar refractivity (Wildman–Crippen MR) is 116 cm³/mol. The number of benzene rings is 4. The van der Waals surface area contributed by atoms with Crippen molar-refractivity contribution in [2.75, 3.05) is 24.7 Å². The van der Waals surface area contributed by atoms with Gasteiger partial charge in [-0.2, -0.15) is 0 Å². The van der Waals surface area contributed by atoms with E-state index in [1.807, 2.05) is 31.3 Å². The molecule has 3 nitrogen and oxygen atoms in total. The van der Waals surface area contributed by atoms with Crippen molar-refractivity contribution in [3.05, 3.63) is 77.9 Å². The number of hydrogen-bond acceptors (Lipinski definition) is 3. The molecule has 0 aliphatic rings. The van der Waals surface area contributed by atoms with Crippen molar-refractivity contribution in [3.63, 3.8) is 0 Å². The first-order valence-corrected chi connectivity index (χ1v) is 9.27. The van der Waals surface area contributed by atoms with Crippen molar-refractivity contribution in [3.8, 4) is 5.75 Å². The van der Waals surface area contributed by atoms with Crippen LogP contribution in [0.25, 0.3) is 21.5 Å². The van der Waals surface area contributed by atoms with E-state index in [0.717, 1.165) is 22.9 Å². The Morgan fingerprint density at radius 2 is 1.70 bits per heavy atom. The van der Waals surface area contributed by atoms with Crippen molar-refractivity contribution in [2.24, 2.45) is 0 Å². The van der Waals surface area contributed by atoms with Crippen molar-refractivity contribution >= 4 is 32.9 Å². The van der Waals surface area contributed by atoms with Crippen LogP contribution in [0.2, 0.25) is 0 Å². The van der Waals surface area contributed by atoms with Crippen LogP contribution in [0.15, 0.2) is 66.7 Å². The number of nitrogens with one attached hydrogen (secondary N) is 1. The zero-order valence-corrected chi connectivity index (χ0v) is 15.8. The number of hydrogen-bond donors (Lipinski definition) is 2. The van der Waals surface area contributed by atoms with E-state index in [2.05, 4.69) is 54.7 Å². The Labute approximate surface area is 159 Å². The van der Waals surface area contributed by atoms with Crippen LogP contribution in [0.3, 0.4) is 0 Å². The summed E-state index contributed by atoms with van der Waals surface area (Å²) in [5.74, 6) is 0.746. The summed E-state index contributed by atoms with van der Waals surface area (Å²) < 4.78 is 6.03. The maximum Gasteiger partial charge on any atom is 0.142 e. The van der Waals surface area contributed by atoms with E-state index in [4.69, 9.17) is 10.5 Å². The number of nitrogens with two attached hydrogens (primary N) is 1. The van der Waals surface area contributed by atoms with Gasteiger partial charge < -0.3 is 15.8 Å². The summed E-state index contributed by atoms with van der Waals surface area (Å²) in [6, 6.07) is 23.0. The van der Waals surface area contributed by atoms with Crippen molar-refractivity contribution in [1.82, 2.24) is 0 Å². The molecule has 4 aromatic carbocycles. The van der Waals surface area contributed by atoms with Gasteiger partial charge in [0, 0.05) is 29.9 Å². The monoisotopic (exact) mass is 356 g/mol. The normalized spacial score (nSPS) is 11.0. The van der Waals surface area contributed by atoms with Gasteiger partial charge in [0.2, 0.25) is 0 Å². The lowest BCUT2D eigenvalue weighted by molar-refractivity contribution is 0.324. The average molecular weight is 356 g/mol. The molecule has 0 aliphatic heterocycles. The third-order valence-corrected chi connectivity index (χ3v) is 5.07. The lowest BCUT2D eigenvalue weighted by Gasteiger charge is -2.15. The molecule has 0 saturated carbocycles. The van der Waals surface area contributed by atoms with Crippen molar-refractivity contribution in [2.45, 2.75) is 13.3 Å². The third kappa shape index (κ3) is 3.28. The molecule has 0 spiro atoms. The highest BCUT2D eigenvalue weighted by Gasteiger charge is 2.09. The second-order valence-corrected chi connectivity index (χ2v) is 6.87. The molecule has 0 heterocycles. The van der Waals surface area contributed by atoms with E-state index in [1.54, 1.807) is 0 Å². The first-order valence-electron chi connectivity index (χ1n) is 9.27. The van der Waals surface area contributed by atoms with Crippen LogP contribution in [0.1, 0.15) is 11.1 Å². The molecule has 0 unspecified atom stereocenters. The Kier molecular flexibility index (Phi) is 4.59. The highest BCUT2D eigenvalue weighted by Crippen LogP contribution is 2.31. The fourth-order valence-corrected chi connectivity index (χ4v) is 3.67. The zero-order valence-electron chi connectivity index (χ0n) is 15.8. The summed E-state index contributed by atoms with van der Waals surface area (Å²) in [6.07, 6.45) is 0.812. The number of anilines is 2. The van der Waals surface area contributed by atoms with Gasteiger partial charge in [-0.05, 0) is 29.3 Å². The zero-order chi connectivity index (χ0) is 18.8. The quantitative estimate of drug-likeness (QED) is 0.461. The van der Waals surface area contributed by atoms with E-state index in [9.17, 15) is 0 Å². The molecular formula is C24H24N2O. The van der Waals surface area contributed by atoms with Gasteiger partial charge in [0.05, 0.1) is 12.3 Å². The first kappa shape index (κ1) is 17.2. The minimum atomic E-state index is 0.578. The van der Waals surface area contributed by atoms with Gasteiger partial charge >= 0.3 is 0 Å². The van der Waals surface area contributed by atoms with E-state index in [-0.39, 0.29) is 0 Å². The van der Waals surface area contributed by atoms with Crippen LogP contribution in [0.4, 0.5) is 11.4 Å². The lowest BCUT2D eigenvalue weighted by Crippen LogP contribution is -2.06. The van der Waals surface area contributed by atoms with E-state index in [0.29, 0.717) is 12.3 Å². The molecule has 0 amide bonds. The molecule has 0 saturated heterocycles. The number of ether oxygens (including phenoxy) is 1. The molecule has 4 rings (SSSR count). The van der Waals surface area contributed by atoms with Crippen LogP contribution in [-0.4, -0.2) is 13.7 Å². The second-order valence-electron chi connectivity index (χ2n) is 6.87. The van der Waals surface area contributed by atoms with Gasteiger partial charge in [-0.15, -0.1) is 0 Å². The highest BCUT2D eigenvalue weighted by atomic mass is 16.5. The van der Waals surface area contributed by atoms with Crippen molar-refractivity contribution in [1.29, 1.82) is 0 Å². The molecule has 0 atom stereocenters. The number of fused-ring (bicyclic) bond motifs is 2. The summed E-state index contributed by atoms with van der Waals surface area (Å²) in [5, 5.41) is 8.02. The van der Waals surface area contributed by atoms with Gasteiger partial charge in [0.15, 0.2) is 0 Å². The van der Waals surface area contributed by atoms with Crippen LogP contribution < -0.4 is 15.8 Å². The summed E-state index contributed by atoms with van der Waals surface area (Å²) in [6.45, 7) is 2.70. The van der Waals surface area contributed by atoms with E-state index >= 15 is 0 Å². The van der Waals surface area contributed by atoms with Gasteiger partial charge in [-0.3, -0.25) is 0 Å². The van der Waals surface area contributed by atoms with Crippen LogP contribution >= 0.6 is 0 Å². The van der Waals surface area contributed by atoms with Gasteiger partial charge in [-0.1, -0.05) is 66.2 Å². The maximum absolute atomic E-state index is 6.31. The summed E-state index contributed by atoms with van der Waals surface area (Å²) in [5.41, 5.74) is 10.7. The van der Waals surface area contributed by atoms with Gasteiger partial charge in [0.25, 0.3) is 0 Å². The van der Waals surface area contributed by atoms with Crippen molar-refractivity contribution < 1.29 is 4.74 Å². The predicted octanol–water partition coefficient (Wildman–Crippen LogP) is 5.55. The first-order chi connectivity index (χ1) is 13.2. The Bertz CT molecular complexity index is 1120.